The van der Waals surface area contributed by atoms with Crippen LogP contribution in [0.15, 0.2) is 83.3 Å². The quantitative estimate of drug-likeness (QED) is 0.255. The van der Waals surface area contributed by atoms with E-state index in [1.807, 2.05) is 54.6 Å². The Kier molecular flexibility index (Phi) is 5.38. The predicted molar refractivity (Wildman–Crippen MR) is 111 cm³/mol. The van der Waals surface area contributed by atoms with Gasteiger partial charge in [-0.1, -0.05) is 42.5 Å². The lowest BCUT2D eigenvalue weighted by Crippen LogP contribution is -2.03. The molecule has 0 saturated carbocycles. The highest BCUT2D eigenvalue weighted by Gasteiger charge is 2.06. The van der Waals surface area contributed by atoms with Crippen molar-refractivity contribution in [1.82, 2.24) is 4.98 Å². The Bertz CT molecular complexity index is 1160. The standard InChI is InChI=1S/C24H19NO4/c1-17-25-22-15-21(11-12-23(22)28-17)29-24(26)13-10-18-8-5-9-20(14-18)27-16-19-6-3-2-4-7-19/h2-15H,16H2,1H3/b13-10+. The maximum Gasteiger partial charge on any atom is 0.336 e. The number of carbonyl (C=O) groups is 1. The second-order valence-electron chi connectivity index (χ2n) is 6.46. The van der Waals surface area contributed by atoms with Crippen molar-refractivity contribution in [2.45, 2.75) is 13.5 Å². The van der Waals surface area contributed by atoms with Crippen molar-refractivity contribution in [1.29, 1.82) is 0 Å². The summed E-state index contributed by atoms with van der Waals surface area (Å²) in [6.45, 7) is 2.26. The minimum Gasteiger partial charge on any atom is -0.489 e. The van der Waals surface area contributed by atoms with Gasteiger partial charge in [-0.15, -0.1) is 0 Å². The van der Waals surface area contributed by atoms with Gasteiger partial charge in [-0.2, -0.15) is 0 Å². The first-order valence-corrected chi connectivity index (χ1v) is 9.19. The van der Waals surface area contributed by atoms with Gasteiger partial charge in [-0.3, -0.25) is 0 Å². The lowest BCUT2D eigenvalue weighted by Gasteiger charge is -2.07. The Hall–Kier alpha value is -3.86. The van der Waals surface area contributed by atoms with Gasteiger partial charge < -0.3 is 13.9 Å². The Morgan fingerprint density at radius 3 is 2.72 bits per heavy atom. The number of carbonyl (C=O) groups excluding carboxylic acids is 1. The molecule has 0 N–H and O–H groups in total. The van der Waals surface area contributed by atoms with Crippen molar-refractivity contribution in [2.24, 2.45) is 0 Å². The number of ether oxygens (including phenoxy) is 2. The summed E-state index contributed by atoms with van der Waals surface area (Å²) in [5.74, 6) is 1.24. The van der Waals surface area contributed by atoms with Crippen LogP contribution in [0.4, 0.5) is 0 Å². The first-order valence-electron chi connectivity index (χ1n) is 9.19. The van der Waals surface area contributed by atoms with Gasteiger partial charge in [0.25, 0.3) is 0 Å². The molecule has 1 aromatic heterocycles. The Labute approximate surface area is 168 Å². The van der Waals surface area contributed by atoms with Crippen LogP contribution in [0.25, 0.3) is 17.2 Å². The van der Waals surface area contributed by atoms with Crippen molar-refractivity contribution >= 4 is 23.1 Å². The van der Waals surface area contributed by atoms with E-state index >= 15 is 0 Å². The van der Waals surface area contributed by atoms with Crippen LogP contribution in [0.5, 0.6) is 11.5 Å². The summed E-state index contributed by atoms with van der Waals surface area (Å²) in [5, 5.41) is 0. The molecule has 3 aromatic carbocycles. The molecule has 0 atom stereocenters. The van der Waals surface area contributed by atoms with E-state index in [4.69, 9.17) is 13.9 Å². The number of hydrogen-bond donors (Lipinski definition) is 0. The van der Waals surface area contributed by atoms with Crippen LogP contribution >= 0.6 is 0 Å². The highest BCUT2D eigenvalue weighted by atomic mass is 16.5. The fourth-order valence-corrected chi connectivity index (χ4v) is 2.85. The van der Waals surface area contributed by atoms with Gasteiger partial charge in [-0.05, 0) is 41.5 Å². The number of benzene rings is 3. The predicted octanol–water partition coefficient (Wildman–Crippen LogP) is 5.33. The molecule has 0 aliphatic carbocycles. The Balaban J connectivity index is 1.38. The van der Waals surface area contributed by atoms with Crippen LogP contribution < -0.4 is 9.47 Å². The topological polar surface area (TPSA) is 61.6 Å². The first-order chi connectivity index (χ1) is 14.2. The van der Waals surface area contributed by atoms with Gasteiger partial charge >= 0.3 is 5.97 Å². The van der Waals surface area contributed by atoms with E-state index in [2.05, 4.69) is 4.98 Å². The SMILES string of the molecule is Cc1nc2cc(OC(=O)/C=C/c3cccc(OCc4ccccc4)c3)ccc2o1. The van der Waals surface area contributed by atoms with Crippen molar-refractivity contribution in [2.75, 3.05) is 0 Å². The summed E-state index contributed by atoms with van der Waals surface area (Å²) in [6, 6.07) is 22.6. The molecule has 0 aliphatic rings. The zero-order valence-corrected chi connectivity index (χ0v) is 15.9. The maximum atomic E-state index is 12.1. The molecular formula is C24H19NO4. The van der Waals surface area contributed by atoms with Crippen LogP contribution in [-0.2, 0) is 11.4 Å². The molecule has 0 amide bonds. The summed E-state index contributed by atoms with van der Waals surface area (Å²) < 4.78 is 16.6. The lowest BCUT2D eigenvalue weighted by molar-refractivity contribution is -0.128. The van der Waals surface area contributed by atoms with Crippen LogP contribution in [0.1, 0.15) is 17.0 Å². The molecule has 4 aromatic rings. The third-order valence-electron chi connectivity index (χ3n) is 4.20. The van der Waals surface area contributed by atoms with Crippen LogP contribution in [0, 0.1) is 6.92 Å². The van der Waals surface area contributed by atoms with Gasteiger partial charge in [0.15, 0.2) is 11.5 Å². The van der Waals surface area contributed by atoms with Crippen molar-refractivity contribution in [3.8, 4) is 11.5 Å². The highest BCUT2D eigenvalue weighted by molar-refractivity contribution is 5.89. The van der Waals surface area contributed by atoms with Gasteiger partial charge in [0.1, 0.15) is 23.6 Å². The third-order valence-corrected chi connectivity index (χ3v) is 4.20. The van der Waals surface area contributed by atoms with Crippen LogP contribution in [0.2, 0.25) is 0 Å². The molecular weight excluding hydrogens is 366 g/mol. The van der Waals surface area contributed by atoms with E-state index in [1.165, 1.54) is 6.08 Å². The lowest BCUT2D eigenvalue weighted by atomic mass is 10.2. The normalized spacial score (nSPS) is 11.1. The largest absolute Gasteiger partial charge is 0.489 e. The molecule has 0 fully saturated rings. The van der Waals surface area contributed by atoms with Gasteiger partial charge in [0.05, 0.1) is 0 Å². The van der Waals surface area contributed by atoms with Gasteiger partial charge in [0.2, 0.25) is 0 Å². The molecule has 144 valence electrons. The van der Waals surface area contributed by atoms with E-state index < -0.39 is 5.97 Å². The highest BCUT2D eigenvalue weighted by Crippen LogP contribution is 2.21. The van der Waals surface area contributed by atoms with Gasteiger partial charge in [-0.25, -0.2) is 9.78 Å². The number of oxazole rings is 1. The Morgan fingerprint density at radius 1 is 1.00 bits per heavy atom. The summed E-state index contributed by atoms with van der Waals surface area (Å²) in [7, 11) is 0. The van der Waals surface area contributed by atoms with Crippen molar-refractivity contribution in [3.63, 3.8) is 0 Å². The fraction of sp³-hybridized carbons (Fsp3) is 0.0833. The monoisotopic (exact) mass is 385 g/mol. The summed E-state index contributed by atoms with van der Waals surface area (Å²) in [4.78, 5) is 16.4. The minimum atomic E-state index is -0.472. The average Bonchev–Trinajstić information content (AvgIpc) is 3.11. The molecule has 0 unspecified atom stereocenters. The number of hydrogen-bond acceptors (Lipinski definition) is 5. The van der Waals surface area contributed by atoms with Crippen molar-refractivity contribution < 1.29 is 18.7 Å². The van der Waals surface area contributed by atoms with E-state index in [0.717, 1.165) is 16.9 Å². The van der Waals surface area contributed by atoms with Crippen LogP contribution in [-0.4, -0.2) is 11.0 Å². The van der Waals surface area contributed by atoms with Gasteiger partial charge in [0, 0.05) is 19.1 Å². The smallest absolute Gasteiger partial charge is 0.336 e. The molecule has 0 spiro atoms. The second-order valence-corrected chi connectivity index (χ2v) is 6.46. The van der Waals surface area contributed by atoms with Crippen molar-refractivity contribution in [3.05, 3.63) is 95.9 Å². The second kappa shape index (κ2) is 8.44. The summed E-state index contributed by atoms with van der Waals surface area (Å²) >= 11 is 0. The zero-order chi connectivity index (χ0) is 20.1. The molecule has 0 bridgehead atoms. The van der Waals surface area contributed by atoms with E-state index in [9.17, 15) is 4.79 Å². The number of fused-ring (bicyclic) bond motifs is 1. The molecule has 29 heavy (non-hydrogen) atoms. The summed E-state index contributed by atoms with van der Waals surface area (Å²) in [6.07, 6.45) is 3.07. The third kappa shape index (κ3) is 4.90. The molecule has 5 nitrogen and oxygen atoms in total. The number of aromatic nitrogens is 1. The number of aryl methyl sites for hydroxylation is 1. The van der Waals surface area contributed by atoms with E-state index in [0.29, 0.717) is 29.3 Å². The average molecular weight is 385 g/mol. The number of rotatable bonds is 6. The van der Waals surface area contributed by atoms with Crippen LogP contribution in [0.3, 0.4) is 0 Å². The fourth-order valence-electron chi connectivity index (χ4n) is 2.85. The summed E-state index contributed by atoms with van der Waals surface area (Å²) in [5.41, 5.74) is 3.25. The molecule has 1 heterocycles. The molecule has 0 saturated heterocycles. The Morgan fingerprint density at radius 2 is 1.86 bits per heavy atom. The number of esters is 1. The first kappa shape index (κ1) is 18.5. The zero-order valence-electron chi connectivity index (χ0n) is 15.9. The molecule has 0 aliphatic heterocycles. The molecule has 4 rings (SSSR count). The maximum absolute atomic E-state index is 12.1. The van der Waals surface area contributed by atoms with E-state index in [-0.39, 0.29) is 0 Å². The number of nitrogens with zero attached hydrogens (tertiary/aromatic N) is 1. The molecule has 0 radical (unpaired) electrons. The van der Waals surface area contributed by atoms with E-state index in [1.54, 1.807) is 31.2 Å². The minimum absolute atomic E-state index is 0.417. The molecule has 5 heteroatoms.